The molecular formula is C8H16O. The van der Waals surface area contributed by atoms with Crippen LogP contribution in [0.2, 0.25) is 0 Å². The maximum Gasteiger partial charge on any atom is 0.0549 e. The Morgan fingerprint density at radius 1 is 1.56 bits per heavy atom. The molecular weight excluding hydrogens is 112 g/mol. The second-order valence-electron chi connectivity index (χ2n) is 2.98. The first-order chi connectivity index (χ1) is 4.33. The molecule has 0 bridgehead atoms. The van der Waals surface area contributed by atoms with Crippen molar-refractivity contribution in [2.45, 2.75) is 39.2 Å². The van der Waals surface area contributed by atoms with Gasteiger partial charge in [-0.3, -0.25) is 0 Å². The zero-order chi connectivity index (χ0) is 6.69. The number of hydrogen-bond acceptors (Lipinski definition) is 1. The minimum absolute atomic E-state index is 0.517. The summed E-state index contributed by atoms with van der Waals surface area (Å²) in [5.74, 6) is 0.939. The molecule has 0 aliphatic carbocycles. The Morgan fingerprint density at radius 3 is 2.78 bits per heavy atom. The van der Waals surface area contributed by atoms with Crippen molar-refractivity contribution in [1.29, 1.82) is 0 Å². The lowest BCUT2D eigenvalue weighted by atomic mass is 9.94. The van der Waals surface area contributed by atoms with Gasteiger partial charge in [-0.1, -0.05) is 13.3 Å². The highest BCUT2D eigenvalue weighted by atomic mass is 16.5. The molecule has 0 aromatic rings. The van der Waals surface area contributed by atoms with Gasteiger partial charge in [-0.2, -0.15) is 0 Å². The average molecular weight is 128 g/mol. The SMILES string of the molecule is CC[C@@H]1CCO[C@H](C)C1. The lowest BCUT2D eigenvalue weighted by Gasteiger charge is -2.25. The Hall–Kier alpha value is -0.0400. The van der Waals surface area contributed by atoms with Crippen molar-refractivity contribution < 1.29 is 4.74 Å². The van der Waals surface area contributed by atoms with E-state index >= 15 is 0 Å². The molecule has 1 rings (SSSR count). The van der Waals surface area contributed by atoms with Crippen LogP contribution in [-0.2, 0) is 4.74 Å². The Kier molecular flexibility index (Phi) is 2.52. The zero-order valence-corrected chi connectivity index (χ0v) is 6.39. The molecule has 0 spiro atoms. The van der Waals surface area contributed by atoms with E-state index in [1.165, 1.54) is 19.3 Å². The van der Waals surface area contributed by atoms with Gasteiger partial charge in [-0.05, 0) is 25.7 Å². The molecule has 0 radical (unpaired) electrons. The van der Waals surface area contributed by atoms with E-state index in [0.29, 0.717) is 6.10 Å². The molecule has 9 heavy (non-hydrogen) atoms. The van der Waals surface area contributed by atoms with Crippen LogP contribution in [0.25, 0.3) is 0 Å². The summed E-state index contributed by atoms with van der Waals surface area (Å²) >= 11 is 0. The smallest absolute Gasteiger partial charge is 0.0549 e. The molecule has 0 aromatic carbocycles. The second-order valence-corrected chi connectivity index (χ2v) is 2.98. The minimum Gasteiger partial charge on any atom is -0.378 e. The molecule has 0 N–H and O–H groups in total. The highest BCUT2D eigenvalue weighted by Gasteiger charge is 2.16. The Bertz CT molecular complexity index is 80.6. The van der Waals surface area contributed by atoms with Crippen molar-refractivity contribution in [2.24, 2.45) is 5.92 Å². The second kappa shape index (κ2) is 3.21. The van der Waals surface area contributed by atoms with Gasteiger partial charge in [0.15, 0.2) is 0 Å². The maximum absolute atomic E-state index is 5.41. The van der Waals surface area contributed by atoms with Gasteiger partial charge < -0.3 is 4.74 Å². The van der Waals surface area contributed by atoms with Crippen LogP contribution in [0.15, 0.2) is 0 Å². The van der Waals surface area contributed by atoms with Gasteiger partial charge in [-0.15, -0.1) is 0 Å². The van der Waals surface area contributed by atoms with E-state index in [4.69, 9.17) is 4.74 Å². The fraction of sp³-hybridized carbons (Fsp3) is 1.00. The van der Waals surface area contributed by atoms with E-state index in [-0.39, 0.29) is 0 Å². The first-order valence-electron chi connectivity index (χ1n) is 3.94. The van der Waals surface area contributed by atoms with Crippen molar-refractivity contribution in [2.75, 3.05) is 6.61 Å². The molecule has 0 saturated carbocycles. The van der Waals surface area contributed by atoms with Gasteiger partial charge in [0, 0.05) is 6.61 Å². The van der Waals surface area contributed by atoms with Crippen LogP contribution in [0.4, 0.5) is 0 Å². The predicted molar refractivity (Wildman–Crippen MR) is 38.4 cm³/mol. The lowest BCUT2D eigenvalue weighted by molar-refractivity contribution is 0.00195. The summed E-state index contributed by atoms with van der Waals surface area (Å²) < 4.78 is 5.41. The van der Waals surface area contributed by atoms with Crippen molar-refractivity contribution in [3.8, 4) is 0 Å². The van der Waals surface area contributed by atoms with Gasteiger partial charge in [0.2, 0.25) is 0 Å². The molecule has 54 valence electrons. The standard InChI is InChI=1S/C8H16O/c1-3-8-4-5-9-7(2)6-8/h7-8H,3-6H2,1-2H3/t7-,8-/m1/s1. The molecule has 1 aliphatic rings. The van der Waals surface area contributed by atoms with E-state index < -0.39 is 0 Å². The van der Waals surface area contributed by atoms with Crippen LogP contribution in [0.1, 0.15) is 33.1 Å². The van der Waals surface area contributed by atoms with Crippen LogP contribution >= 0.6 is 0 Å². The van der Waals surface area contributed by atoms with Crippen LogP contribution in [0.3, 0.4) is 0 Å². The summed E-state index contributed by atoms with van der Waals surface area (Å²) in [7, 11) is 0. The van der Waals surface area contributed by atoms with Crippen LogP contribution in [0.5, 0.6) is 0 Å². The first-order valence-corrected chi connectivity index (χ1v) is 3.94. The molecule has 1 fully saturated rings. The van der Waals surface area contributed by atoms with Crippen LogP contribution in [0, 0.1) is 5.92 Å². The van der Waals surface area contributed by atoms with Gasteiger partial charge in [0.25, 0.3) is 0 Å². The van der Waals surface area contributed by atoms with E-state index in [1.54, 1.807) is 0 Å². The normalized spacial score (nSPS) is 36.7. The molecule has 0 unspecified atom stereocenters. The van der Waals surface area contributed by atoms with Gasteiger partial charge in [-0.25, -0.2) is 0 Å². The molecule has 1 nitrogen and oxygen atoms in total. The largest absolute Gasteiger partial charge is 0.378 e. The van der Waals surface area contributed by atoms with Crippen molar-refractivity contribution >= 4 is 0 Å². The van der Waals surface area contributed by atoms with Crippen molar-refractivity contribution in [3.63, 3.8) is 0 Å². The summed E-state index contributed by atoms with van der Waals surface area (Å²) in [6.45, 7) is 5.42. The van der Waals surface area contributed by atoms with Crippen LogP contribution < -0.4 is 0 Å². The highest BCUT2D eigenvalue weighted by molar-refractivity contribution is 4.66. The van der Waals surface area contributed by atoms with E-state index in [1.807, 2.05) is 0 Å². The Balaban J connectivity index is 2.23. The summed E-state index contributed by atoms with van der Waals surface area (Å²) in [5, 5.41) is 0. The first kappa shape index (κ1) is 7.07. The third-order valence-corrected chi connectivity index (χ3v) is 2.17. The van der Waals surface area contributed by atoms with E-state index in [2.05, 4.69) is 13.8 Å². The average Bonchev–Trinajstić information content (AvgIpc) is 1.88. The predicted octanol–water partition coefficient (Wildman–Crippen LogP) is 2.21. The minimum atomic E-state index is 0.517. The van der Waals surface area contributed by atoms with E-state index in [0.717, 1.165) is 12.5 Å². The maximum atomic E-state index is 5.41. The monoisotopic (exact) mass is 128 g/mol. The molecule has 0 amide bonds. The summed E-state index contributed by atoms with van der Waals surface area (Å²) in [6, 6.07) is 0. The molecule has 0 aromatic heterocycles. The van der Waals surface area contributed by atoms with Crippen molar-refractivity contribution in [3.05, 3.63) is 0 Å². The summed E-state index contributed by atoms with van der Waals surface area (Å²) in [5.41, 5.74) is 0. The summed E-state index contributed by atoms with van der Waals surface area (Å²) in [4.78, 5) is 0. The zero-order valence-electron chi connectivity index (χ0n) is 6.39. The summed E-state index contributed by atoms with van der Waals surface area (Å²) in [6.07, 6.45) is 4.40. The topological polar surface area (TPSA) is 9.23 Å². The van der Waals surface area contributed by atoms with Crippen LogP contribution in [-0.4, -0.2) is 12.7 Å². The molecule has 1 heterocycles. The fourth-order valence-electron chi connectivity index (χ4n) is 1.46. The van der Waals surface area contributed by atoms with Gasteiger partial charge in [0.1, 0.15) is 0 Å². The van der Waals surface area contributed by atoms with Gasteiger partial charge >= 0.3 is 0 Å². The third-order valence-electron chi connectivity index (χ3n) is 2.17. The van der Waals surface area contributed by atoms with Crippen molar-refractivity contribution in [1.82, 2.24) is 0 Å². The highest BCUT2D eigenvalue weighted by Crippen LogP contribution is 2.21. The number of hydrogen-bond donors (Lipinski definition) is 0. The lowest BCUT2D eigenvalue weighted by Crippen LogP contribution is -2.22. The molecule has 1 aliphatic heterocycles. The fourth-order valence-corrected chi connectivity index (χ4v) is 1.46. The van der Waals surface area contributed by atoms with Gasteiger partial charge in [0.05, 0.1) is 6.10 Å². The number of ether oxygens (including phenoxy) is 1. The molecule has 1 heteroatoms. The Morgan fingerprint density at radius 2 is 2.33 bits per heavy atom. The number of rotatable bonds is 1. The molecule has 1 saturated heterocycles. The quantitative estimate of drug-likeness (QED) is 0.526. The Labute approximate surface area is 57.4 Å². The van der Waals surface area contributed by atoms with E-state index in [9.17, 15) is 0 Å². The molecule has 2 atom stereocenters. The third kappa shape index (κ3) is 1.98.